The number of hydrogen-bond acceptors (Lipinski definition) is 4. The van der Waals surface area contributed by atoms with Crippen LogP contribution in [-0.4, -0.2) is 48.4 Å². The molecule has 3 N–H and O–H groups in total. The van der Waals surface area contributed by atoms with Gasteiger partial charge >= 0.3 is 6.09 Å². The largest absolute Gasteiger partial charge is 0.444 e. The molecule has 1 heterocycles. The number of unbranched alkanes of at least 4 members (excludes halogenated alkanes) is 1. The topological polar surface area (TPSA) is 96.8 Å². The van der Waals surface area contributed by atoms with Crippen molar-refractivity contribution in [3.05, 3.63) is 34.7 Å². The van der Waals surface area contributed by atoms with E-state index in [9.17, 15) is 9.59 Å². The Morgan fingerprint density at radius 3 is 2.56 bits per heavy atom. The van der Waals surface area contributed by atoms with Crippen molar-refractivity contribution in [3.8, 4) is 0 Å². The lowest BCUT2D eigenvalue weighted by Crippen LogP contribution is -2.42. The van der Waals surface area contributed by atoms with Crippen molar-refractivity contribution in [2.75, 3.05) is 26.2 Å². The van der Waals surface area contributed by atoms with Gasteiger partial charge in [-0.1, -0.05) is 6.07 Å². The molecule has 8 heteroatoms. The minimum absolute atomic E-state index is 0.0218. The summed E-state index contributed by atoms with van der Waals surface area (Å²) >= 11 is 0. The molecule has 0 radical (unpaired) electrons. The van der Waals surface area contributed by atoms with Crippen LogP contribution in [-0.2, 0) is 11.3 Å². The molecule has 0 aliphatic rings. The number of rotatable bonds is 9. The van der Waals surface area contributed by atoms with Crippen LogP contribution in [0, 0.1) is 0 Å². The summed E-state index contributed by atoms with van der Waals surface area (Å²) in [5, 5.41) is 9.03. The molecule has 27 heavy (non-hydrogen) atoms. The van der Waals surface area contributed by atoms with Gasteiger partial charge in [0.25, 0.3) is 0 Å². The maximum atomic E-state index is 11.6. The van der Waals surface area contributed by atoms with Gasteiger partial charge in [-0.25, -0.2) is 4.79 Å². The molecule has 1 aromatic rings. The highest BCUT2D eigenvalue weighted by Gasteiger charge is 2.15. The average molecular weight is 380 g/mol. The molecule has 1 amide bonds. The Bertz CT molecular complexity index is 649. The molecule has 0 saturated carbocycles. The fourth-order valence-electron chi connectivity index (χ4n) is 2.23. The van der Waals surface area contributed by atoms with E-state index in [2.05, 4.69) is 20.9 Å². The minimum Gasteiger partial charge on any atom is -0.444 e. The SMILES string of the molecule is CCNC(=NCCCCn1ccccc1=O)NCCNC(=O)OC(C)(C)C. The zero-order valence-electron chi connectivity index (χ0n) is 16.9. The van der Waals surface area contributed by atoms with E-state index in [0.717, 1.165) is 19.4 Å². The Balaban J connectivity index is 2.26. The van der Waals surface area contributed by atoms with Crippen molar-refractivity contribution in [2.45, 2.75) is 52.7 Å². The van der Waals surface area contributed by atoms with Crippen LogP contribution in [0.15, 0.2) is 34.2 Å². The van der Waals surface area contributed by atoms with Crippen LogP contribution in [0.5, 0.6) is 0 Å². The van der Waals surface area contributed by atoms with E-state index in [0.29, 0.717) is 32.1 Å². The van der Waals surface area contributed by atoms with Gasteiger partial charge < -0.3 is 25.3 Å². The summed E-state index contributed by atoms with van der Waals surface area (Å²) in [6.45, 7) is 10.6. The fraction of sp³-hybridized carbons (Fsp3) is 0.632. The second-order valence-corrected chi connectivity index (χ2v) is 7.06. The molecule has 1 rings (SSSR count). The number of amides is 1. The molecule has 1 aromatic heterocycles. The number of alkyl carbamates (subject to hydrolysis) is 1. The third-order valence-corrected chi connectivity index (χ3v) is 3.41. The monoisotopic (exact) mass is 379 g/mol. The maximum Gasteiger partial charge on any atom is 0.407 e. The molecule has 8 nitrogen and oxygen atoms in total. The molecule has 0 aliphatic heterocycles. The number of guanidine groups is 1. The van der Waals surface area contributed by atoms with Crippen molar-refractivity contribution in [3.63, 3.8) is 0 Å². The first-order chi connectivity index (χ1) is 12.8. The number of pyridine rings is 1. The quantitative estimate of drug-likeness (QED) is 0.345. The number of aryl methyl sites for hydroxylation is 1. The van der Waals surface area contributed by atoms with E-state index < -0.39 is 11.7 Å². The van der Waals surface area contributed by atoms with Crippen LogP contribution in [0.4, 0.5) is 4.79 Å². The summed E-state index contributed by atoms with van der Waals surface area (Å²) in [7, 11) is 0. The van der Waals surface area contributed by atoms with Gasteiger partial charge in [0.1, 0.15) is 5.60 Å². The van der Waals surface area contributed by atoms with Gasteiger partial charge in [-0.3, -0.25) is 9.79 Å². The van der Waals surface area contributed by atoms with E-state index in [1.807, 2.05) is 33.8 Å². The third kappa shape index (κ3) is 10.9. The summed E-state index contributed by atoms with van der Waals surface area (Å²) in [6, 6.07) is 5.17. The standard InChI is InChI=1S/C19H33N5O3/c1-5-20-17(22-12-13-23-18(26)27-19(2,3)4)21-11-7-9-15-24-14-8-6-10-16(24)25/h6,8,10,14H,5,7,9,11-13,15H2,1-4H3,(H,23,26)(H2,20,21,22). The summed E-state index contributed by atoms with van der Waals surface area (Å²) < 4.78 is 6.88. The molecule has 152 valence electrons. The highest BCUT2D eigenvalue weighted by atomic mass is 16.6. The van der Waals surface area contributed by atoms with Crippen LogP contribution < -0.4 is 21.5 Å². The molecule has 0 atom stereocenters. The van der Waals surface area contributed by atoms with Gasteiger partial charge in [0.2, 0.25) is 5.56 Å². The number of carbonyl (C=O) groups is 1. The highest BCUT2D eigenvalue weighted by molar-refractivity contribution is 5.79. The Hall–Kier alpha value is -2.51. The molecular formula is C19H33N5O3. The molecule has 0 aliphatic carbocycles. The first kappa shape index (κ1) is 22.5. The van der Waals surface area contributed by atoms with Crippen molar-refractivity contribution in [1.29, 1.82) is 0 Å². The van der Waals surface area contributed by atoms with Crippen LogP contribution in [0.25, 0.3) is 0 Å². The zero-order valence-corrected chi connectivity index (χ0v) is 16.9. The average Bonchev–Trinajstić information content (AvgIpc) is 2.58. The molecule has 0 aromatic carbocycles. The highest BCUT2D eigenvalue weighted by Crippen LogP contribution is 2.05. The molecule has 0 unspecified atom stereocenters. The summed E-state index contributed by atoms with van der Waals surface area (Å²) in [5.41, 5.74) is -0.479. The van der Waals surface area contributed by atoms with Crippen molar-refractivity contribution < 1.29 is 9.53 Å². The Morgan fingerprint density at radius 2 is 1.89 bits per heavy atom. The van der Waals surface area contributed by atoms with Crippen molar-refractivity contribution in [1.82, 2.24) is 20.5 Å². The van der Waals surface area contributed by atoms with Crippen LogP contribution >= 0.6 is 0 Å². The number of hydrogen-bond donors (Lipinski definition) is 3. The molecule has 0 spiro atoms. The predicted molar refractivity (Wildman–Crippen MR) is 108 cm³/mol. The van der Waals surface area contributed by atoms with E-state index in [1.165, 1.54) is 0 Å². The number of ether oxygens (including phenoxy) is 1. The lowest BCUT2D eigenvalue weighted by Gasteiger charge is -2.19. The van der Waals surface area contributed by atoms with Gasteiger partial charge in [-0.2, -0.15) is 0 Å². The second kappa shape index (κ2) is 12.0. The lowest BCUT2D eigenvalue weighted by molar-refractivity contribution is 0.0529. The Kier molecular flexibility index (Phi) is 10.00. The molecule has 0 saturated heterocycles. The number of carbonyl (C=O) groups excluding carboxylic acids is 1. The van der Waals surface area contributed by atoms with Crippen molar-refractivity contribution >= 4 is 12.1 Å². The normalized spacial score (nSPS) is 11.8. The molecule has 0 fully saturated rings. The van der Waals surface area contributed by atoms with Gasteiger partial charge in [-0.05, 0) is 46.6 Å². The van der Waals surface area contributed by atoms with Gasteiger partial charge in [0.15, 0.2) is 5.96 Å². The first-order valence-electron chi connectivity index (χ1n) is 9.46. The Labute approximate surface area is 161 Å². The first-order valence-corrected chi connectivity index (χ1v) is 9.46. The van der Waals surface area contributed by atoms with Crippen LogP contribution in [0.2, 0.25) is 0 Å². The summed E-state index contributed by atoms with van der Waals surface area (Å²) in [4.78, 5) is 27.7. The van der Waals surface area contributed by atoms with E-state index in [-0.39, 0.29) is 5.56 Å². The Morgan fingerprint density at radius 1 is 1.15 bits per heavy atom. The molecule has 0 bridgehead atoms. The molecular weight excluding hydrogens is 346 g/mol. The van der Waals surface area contributed by atoms with Crippen molar-refractivity contribution in [2.24, 2.45) is 4.99 Å². The van der Waals surface area contributed by atoms with E-state index in [4.69, 9.17) is 4.74 Å². The fourth-order valence-corrected chi connectivity index (χ4v) is 2.23. The number of aliphatic imine (C=N–C) groups is 1. The predicted octanol–water partition coefficient (Wildman–Crippen LogP) is 1.71. The lowest BCUT2D eigenvalue weighted by atomic mass is 10.2. The van der Waals surface area contributed by atoms with Gasteiger partial charge in [0, 0.05) is 45.0 Å². The van der Waals surface area contributed by atoms with Gasteiger partial charge in [-0.15, -0.1) is 0 Å². The number of aromatic nitrogens is 1. The minimum atomic E-state index is -0.501. The van der Waals surface area contributed by atoms with Gasteiger partial charge in [0.05, 0.1) is 0 Å². The smallest absolute Gasteiger partial charge is 0.407 e. The zero-order chi connectivity index (χ0) is 20.1. The summed E-state index contributed by atoms with van der Waals surface area (Å²) in [6.07, 6.45) is 3.14. The number of nitrogens with one attached hydrogen (secondary N) is 3. The third-order valence-electron chi connectivity index (χ3n) is 3.41. The summed E-state index contributed by atoms with van der Waals surface area (Å²) in [5.74, 6) is 0.709. The van der Waals surface area contributed by atoms with E-state index >= 15 is 0 Å². The maximum absolute atomic E-state index is 11.6. The number of nitrogens with zero attached hydrogens (tertiary/aromatic N) is 2. The van der Waals surface area contributed by atoms with E-state index in [1.54, 1.807) is 22.9 Å². The van der Waals surface area contributed by atoms with Crippen LogP contribution in [0.1, 0.15) is 40.5 Å². The van der Waals surface area contributed by atoms with Crippen LogP contribution in [0.3, 0.4) is 0 Å². The second-order valence-electron chi connectivity index (χ2n) is 7.06.